The number of rotatable bonds is 5. The van der Waals surface area contributed by atoms with E-state index in [1.165, 1.54) is 18.1 Å². The van der Waals surface area contributed by atoms with Crippen molar-refractivity contribution in [3.8, 4) is 0 Å². The lowest BCUT2D eigenvalue weighted by molar-refractivity contribution is 0.0573. The molecule has 2 fully saturated rings. The standard InChI is InChI=1S/C30H34FN3O2/c1-20-5-7-27-22(16-20)17-28(32-27)30(35)34-12-3-2-4-24(34)11-15-33-13-9-21(10-14-33)26-19-36-29-8-6-23(31)18-25(26)29/h5-8,16-19,21,24,32H,2-4,9-15H2,1H3/t24-/m0/s1. The second-order valence-electron chi connectivity index (χ2n) is 10.7. The van der Waals surface area contributed by atoms with Gasteiger partial charge in [-0.2, -0.15) is 0 Å². The number of amides is 1. The summed E-state index contributed by atoms with van der Waals surface area (Å²) in [6.07, 6.45) is 8.27. The van der Waals surface area contributed by atoms with Crippen molar-refractivity contribution in [1.82, 2.24) is 14.8 Å². The van der Waals surface area contributed by atoms with Gasteiger partial charge in [-0.1, -0.05) is 11.6 Å². The van der Waals surface area contributed by atoms with Crippen molar-refractivity contribution in [2.24, 2.45) is 0 Å². The van der Waals surface area contributed by atoms with Crippen molar-refractivity contribution in [2.75, 3.05) is 26.2 Å². The molecule has 36 heavy (non-hydrogen) atoms. The van der Waals surface area contributed by atoms with E-state index in [0.717, 1.165) is 85.7 Å². The number of halogens is 1. The summed E-state index contributed by atoms with van der Waals surface area (Å²) in [5.41, 5.74) is 4.83. The normalized spacial score (nSPS) is 19.9. The number of nitrogens with one attached hydrogen (secondary N) is 1. The van der Waals surface area contributed by atoms with Crippen LogP contribution in [0, 0.1) is 12.7 Å². The molecule has 5 nitrogen and oxygen atoms in total. The first-order valence-electron chi connectivity index (χ1n) is 13.3. The van der Waals surface area contributed by atoms with Crippen molar-refractivity contribution in [2.45, 2.75) is 57.4 Å². The molecule has 2 aromatic heterocycles. The summed E-state index contributed by atoms with van der Waals surface area (Å²) in [7, 11) is 0. The van der Waals surface area contributed by atoms with E-state index in [0.29, 0.717) is 11.6 Å². The summed E-state index contributed by atoms with van der Waals surface area (Å²) >= 11 is 0. The van der Waals surface area contributed by atoms with Gasteiger partial charge in [0.25, 0.3) is 5.91 Å². The van der Waals surface area contributed by atoms with Crippen LogP contribution >= 0.6 is 0 Å². The summed E-state index contributed by atoms with van der Waals surface area (Å²) in [6, 6.07) is 13.3. The zero-order chi connectivity index (χ0) is 24.6. The Morgan fingerprint density at radius 2 is 1.92 bits per heavy atom. The third-order valence-corrected chi connectivity index (χ3v) is 8.27. The first kappa shape index (κ1) is 23.3. The number of aromatic amines is 1. The van der Waals surface area contributed by atoms with Crippen LogP contribution in [-0.4, -0.2) is 52.9 Å². The van der Waals surface area contributed by atoms with Crippen LogP contribution in [0.4, 0.5) is 4.39 Å². The number of hydrogen-bond acceptors (Lipinski definition) is 3. The van der Waals surface area contributed by atoms with Gasteiger partial charge in [-0.3, -0.25) is 4.79 Å². The number of nitrogens with zero attached hydrogens (tertiary/aromatic N) is 2. The number of hydrogen-bond donors (Lipinski definition) is 1. The Hall–Kier alpha value is -3.12. The van der Waals surface area contributed by atoms with Gasteiger partial charge >= 0.3 is 0 Å². The maximum atomic E-state index is 13.8. The van der Waals surface area contributed by atoms with E-state index in [1.54, 1.807) is 12.1 Å². The average molecular weight is 488 g/mol. The molecule has 0 unspecified atom stereocenters. The third kappa shape index (κ3) is 4.55. The number of furan rings is 1. The highest BCUT2D eigenvalue weighted by Gasteiger charge is 2.30. The van der Waals surface area contributed by atoms with Crippen LogP contribution in [0.1, 0.15) is 66.1 Å². The van der Waals surface area contributed by atoms with Crippen LogP contribution in [0.25, 0.3) is 21.9 Å². The highest BCUT2D eigenvalue weighted by atomic mass is 19.1. The van der Waals surface area contributed by atoms with Gasteiger partial charge in [0.05, 0.1) is 6.26 Å². The van der Waals surface area contributed by atoms with Crippen LogP contribution in [0.2, 0.25) is 0 Å². The molecule has 4 aromatic rings. The summed E-state index contributed by atoms with van der Waals surface area (Å²) in [6.45, 7) is 5.97. The first-order chi connectivity index (χ1) is 17.5. The molecule has 0 bridgehead atoms. The van der Waals surface area contributed by atoms with E-state index in [-0.39, 0.29) is 17.8 Å². The van der Waals surface area contributed by atoms with Crippen molar-refractivity contribution < 1.29 is 13.6 Å². The van der Waals surface area contributed by atoms with Gasteiger partial charge in [0, 0.05) is 41.0 Å². The van der Waals surface area contributed by atoms with E-state index in [2.05, 4.69) is 39.9 Å². The van der Waals surface area contributed by atoms with Crippen LogP contribution in [0.5, 0.6) is 0 Å². The minimum Gasteiger partial charge on any atom is -0.464 e. The van der Waals surface area contributed by atoms with Gasteiger partial charge in [-0.15, -0.1) is 0 Å². The van der Waals surface area contributed by atoms with E-state index in [1.807, 2.05) is 12.3 Å². The van der Waals surface area contributed by atoms with Gasteiger partial charge in [0.2, 0.25) is 0 Å². The number of likely N-dealkylation sites (tertiary alicyclic amines) is 2. The Kier molecular flexibility index (Phi) is 6.30. The van der Waals surface area contributed by atoms with E-state index < -0.39 is 0 Å². The quantitative estimate of drug-likeness (QED) is 0.344. The van der Waals surface area contributed by atoms with Crippen LogP contribution in [0.3, 0.4) is 0 Å². The fraction of sp³-hybridized carbons (Fsp3) is 0.433. The van der Waals surface area contributed by atoms with Gasteiger partial charge in [-0.25, -0.2) is 4.39 Å². The molecule has 1 amide bonds. The molecule has 1 N–H and O–H groups in total. The molecule has 2 aliphatic rings. The Balaban J connectivity index is 1.07. The number of H-pyrrole nitrogens is 1. The maximum Gasteiger partial charge on any atom is 0.270 e. The molecule has 2 aliphatic heterocycles. The largest absolute Gasteiger partial charge is 0.464 e. The van der Waals surface area contributed by atoms with Crippen LogP contribution < -0.4 is 0 Å². The highest BCUT2D eigenvalue weighted by Crippen LogP contribution is 2.35. The lowest BCUT2D eigenvalue weighted by Crippen LogP contribution is -2.46. The molecule has 2 saturated heterocycles. The van der Waals surface area contributed by atoms with Crippen LogP contribution in [-0.2, 0) is 0 Å². The molecular weight excluding hydrogens is 453 g/mol. The number of aryl methyl sites for hydroxylation is 1. The lowest BCUT2D eigenvalue weighted by Gasteiger charge is -2.38. The van der Waals surface area contributed by atoms with Gasteiger partial charge in [0.15, 0.2) is 0 Å². The Morgan fingerprint density at radius 3 is 2.78 bits per heavy atom. The summed E-state index contributed by atoms with van der Waals surface area (Å²) < 4.78 is 19.5. The number of carbonyl (C=O) groups excluding carboxylic acids is 1. The summed E-state index contributed by atoms with van der Waals surface area (Å²) in [5.74, 6) is 0.325. The fourth-order valence-corrected chi connectivity index (χ4v) is 6.23. The summed E-state index contributed by atoms with van der Waals surface area (Å²) in [5, 5.41) is 2.01. The van der Waals surface area contributed by atoms with E-state index >= 15 is 0 Å². The van der Waals surface area contributed by atoms with Crippen molar-refractivity contribution in [3.05, 3.63) is 71.4 Å². The Morgan fingerprint density at radius 1 is 1.06 bits per heavy atom. The number of benzene rings is 2. The number of carbonyl (C=O) groups is 1. The molecule has 1 atom stereocenters. The monoisotopic (exact) mass is 487 g/mol. The third-order valence-electron chi connectivity index (χ3n) is 8.27. The van der Waals surface area contributed by atoms with E-state index in [4.69, 9.17) is 4.42 Å². The Labute approximate surface area is 211 Å². The molecule has 188 valence electrons. The zero-order valence-electron chi connectivity index (χ0n) is 20.9. The topological polar surface area (TPSA) is 52.5 Å². The molecule has 4 heterocycles. The second kappa shape index (κ2) is 9.74. The average Bonchev–Trinajstić information content (AvgIpc) is 3.51. The van der Waals surface area contributed by atoms with Gasteiger partial charge in [0.1, 0.15) is 17.1 Å². The molecule has 6 rings (SSSR count). The van der Waals surface area contributed by atoms with Crippen LogP contribution in [0.15, 0.2) is 53.1 Å². The maximum absolute atomic E-state index is 13.8. The molecular formula is C30H34FN3O2. The minimum atomic E-state index is -0.211. The van der Waals surface area contributed by atoms with Gasteiger partial charge < -0.3 is 19.2 Å². The number of aromatic nitrogens is 1. The van der Waals surface area contributed by atoms with Gasteiger partial charge in [-0.05, 0) is 101 Å². The second-order valence-corrected chi connectivity index (χ2v) is 10.7. The van der Waals surface area contributed by atoms with Crippen molar-refractivity contribution in [1.29, 1.82) is 0 Å². The Bertz CT molecular complexity index is 1380. The summed E-state index contributed by atoms with van der Waals surface area (Å²) in [4.78, 5) is 21.5. The van der Waals surface area contributed by atoms with E-state index in [9.17, 15) is 9.18 Å². The molecule has 2 aromatic carbocycles. The highest BCUT2D eigenvalue weighted by molar-refractivity contribution is 5.98. The number of piperidine rings is 2. The molecule has 0 aliphatic carbocycles. The molecule has 0 spiro atoms. The predicted octanol–water partition coefficient (Wildman–Crippen LogP) is 6.63. The SMILES string of the molecule is Cc1ccc2[nH]c(C(=O)N3CCCC[C@H]3CCN3CCC(c4coc5ccc(F)cc45)CC3)cc2c1. The zero-order valence-corrected chi connectivity index (χ0v) is 20.9. The first-order valence-corrected chi connectivity index (χ1v) is 13.3. The molecule has 6 heteroatoms. The fourth-order valence-electron chi connectivity index (χ4n) is 6.23. The lowest BCUT2D eigenvalue weighted by atomic mass is 9.89. The van der Waals surface area contributed by atoms with Crippen molar-refractivity contribution in [3.63, 3.8) is 0 Å². The predicted molar refractivity (Wildman–Crippen MR) is 141 cm³/mol. The molecule has 0 radical (unpaired) electrons. The smallest absolute Gasteiger partial charge is 0.270 e. The minimum absolute atomic E-state index is 0.131. The van der Waals surface area contributed by atoms with Crippen molar-refractivity contribution >= 4 is 27.8 Å². The molecule has 0 saturated carbocycles. The number of fused-ring (bicyclic) bond motifs is 2.